The molecule has 0 spiro atoms. The highest BCUT2D eigenvalue weighted by Crippen LogP contribution is 2.32. The number of benzene rings is 2. The third-order valence-electron chi connectivity index (χ3n) is 5.63. The first-order valence-electron chi connectivity index (χ1n) is 11.4. The van der Waals surface area contributed by atoms with Crippen molar-refractivity contribution in [1.82, 2.24) is 14.7 Å². The molecule has 0 saturated heterocycles. The minimum atomic E-state index is -0.549. The first kappa shape index (κ1) is 24.0. The SMILES string of the molecule is CCOCC(O)CN(Cc1c(C)nn(-c2ccccc2)c1Oc1ccccc1)C(C)CC. The van der Waals surface area contributed by atoms with Gasteiger partial charge >= 0.3 is 0 Å². The molecule has 0 radical (unpaired) electrons. The second-order valence-electron chi connectivity index (χ2n) is 8.03. The van der Waals surface area contributed by atoms with Gasteiger partial charge in [-0.3, -0.25) is 4.90 Å². The van der Waals surface area contributed by atoms with Gasteiger partial charge in [0.05, 0.1) is 29.7 Å². The molecule has 0 amide bonds. The van der Waals surface area contributed by atoms with Gasteiger partial charge < -0.3 is 14.6 Å². The molecule has 6 nitrogen and oxygen atoms in total. The Kier molecular flexibility index (Phi) is 8.85. The van der Waals surface area contributed by atoms with E-state index in [9.17, 15) is 5.11 Å². The van der Waals surface area contributed by atoms with Gasteiger partial charge in [0.2, 0.25) is 5.88 Å². The zero-order chi connectivity index (χ0) is 22.9. The summed E-state index contributed by atoms with van der Waals surface area (Å²) in [5, 5.41) is 15.3. The first-order valence-corrected chi connectivity index (χ1v) is 11.4. The maximum Gasteiger partial charge on any atom is 0.227 e. The van der Waals surface area contributed by atoms with Crippen LogP contribution in [0, 0.1) is 6.92 Å². The normalized spacial score (nSPS) is 13.3. The van der Waals surface area contributed by atoms with Crippen molar-refractivity contribution in [3.05, 3.63) is 71.9 Å². The summed E-state index contributed by atoms with van der Waals surface area (Å²) in [5.41, 5.74) is 2.87. The van der Waals surface area contributed by atoms with E-state index in [0.717, 1.165) is 29.1 Å². The van der Waals surface area contributed by atoms with Crippen molar-refractivity contribution in [2.45, 2.75) is 52.8 Å². The number of ether oxygens (including phenoxy) is 2. The van der Waals surface area contributed by atoms with Crippen LogP contribution < -0.4 is 4.74 Å². The maximum absolute atomic E-state index is 10.5. The van der Waals surface area contributed by atoms with Crippen LogP contribution in [0.1, 0.15) is 38.4 Å². The van der Waals surface area contributed by atoms with E-state index in [1.807, 2.05) is 79.2 Å². The molecule has 0 bridgehead atoms. The molecule has 2 atom stereocenters. The third-order valence-corrected chi connectivity index (χ3v) is 5.63. The van der Waals surface area contributed by atoms with E-state index in [-0.39, 0.29) is 6.04 Å². The van der Waals surface area contributed by atoms with Crippen LogP contribution in [-0.4, -0.2) is 51.7 Å². The standard InChI is InChI=1S/C26H35N3O3/c1-5-20(3)28(17-23(30)19-31-6-2)18-25-21(4)27-29(22-13-9-7-10-14-22)26(25)32-24-15-11-8-12-16-24/h7-16,20,23,30H,5-6,17-19H2,1-4H3. The summed E-state index contributed by atoms with van der Waals surface area (Å²) in [6.45, 7) is 10.4. The van der Waals surface area contributed by atoms with Gasteiger partial charge in [-0.15, -0.1) is 0 Å². The summed E-state index contributed by atoms with van der Waals surface area (Å²) in [7, 11) is 0. The second kappa shape index (κ2) is 11.8. The van der Waals surface area contributed by atoms with Gasteiger partial charge in [0.1, 0.15) is 5.75 Å². The molecule has 2 unspecified atom stereocenters. The van der Waals surface area contributed by atoms with Gasteiger partial charge in [0.15, 0.2) is 0 Å². The van der Waals surface area contributed by atoms with Crippen LogP contribution in [-0.2, 0) is 11.3 Å². The highest BCUT2D eigenvalue weighted by atomic mass is 16.5. The Morgan fingerprint density at radius 1 is 1.03 bits per heavy atom. The van der Waals surface area contributed by atoms with Crippen LogP contribution in [0.5, 0.6) is 11.6 Å². The third kappa shape index (κ3) is 6.19. The van der Waals surface area contributed by atoms with Crippen LogP contribution in [0.4, 0.5) is 0 Å². The number of aryl methyl sites for hydroxylation is 1. The van der Waals surface area contributed by atoms with E-state index in [4.69, 9.17) is 14.6 Å². The average Bonchev–Trinajstić information content (AvgIpc) is 3.12. The van der Waals surface area contributed by atoms with Crippen molar-refractivity contribution in [3.8, 4) is 17.3 Å². The Labute approximate surface area is 191 Å². The first-order chi connectivity index (χ1) is 15.5. The quantitative estimate of drug-likeness (QED) is 0.433. The lowest BCUT2D eigenvalue weighted by Gasteiger charge is -2.30. The zero-order valence-corrected chi connectivity index (χ0v) is 19.6. The van der Waals surface area contributed by atoms with Crippen molar-refractivity contribution in [1.29, 1.82) is 0 Å². The molecule has 2 aromatic carbocycles. The van der Waals surface area contributed by atoms with Crippen LogP contribution in [0.15, 0.2) is 60.7 Å². The number of aliphatic hydroxyl groups is 1. The minimum absolute atomic E-state index is 0.287. The average molecular weight is 438 g/mol. The van der Waals surface area contributed by atoms with Gasteiger partial charge in [0, 0.05) is 25.7 Å². The van der Waals surface area contributed by atoms with Gasteiger partial charge in [-0.05, 0) is 51.5 Å². The molecule has 0 saturated carbocycles. The van der Waals surface area contributed by atoms with Crippen molar-refractivity contribution in [2.24, 2.45) is 0 Å². The summed E-state index contributed by atoms with van der Waals surface area (Å²) < 4.78 is 13.7. The zero-order valence-electron chi connectivity index (χ0n) is 19.6. The predicted octanol–water partition coefficient (Wildman–Crippen LogP) is 4.97. The van der Waals surface area contributed by atoms with E-state index in [1.165, 1.54) is 0 Å². The molecule has 3 aromatic rings. The number of hydrogen-bond acceptors (Lipinski definition) is 5. The monoisotopic (exact) mass is 437 g/mol. The molecule has 0 aliphatic carbocycles. The summed E-state index contributed by atoms with van der Waals surface area (Å²) in [4.78, 5) is 2.28. The summed E-state index contributed by atoms with van der Waals surface area (Å²) >= 11 is 0. The second-order valence-corrected chi connectivity index (χ2v) is 8.03. The predicted molar refractivity (Wildman–Crippen MR) is 127 cm³/mol. The lowest BCUT2D eigenvalue weighted by atomic mass is 10.1. The number of rotatable bonds is 12. The van der Waals surface area contributed by atoms with Gasteiger partial charge in [-0.2, -0.15) is 5.10 Å². The van der Waals surface area contributed by atoms with Crippen LogP contribution >= 0.6 is 0 Å². The Hall–Kier alpha value is -2.67. The van der Waals surface area contributed by atoms with E-state index in [1.54, 1.807) is 0 Å². The Balaban J connectivity index is 1.96. The van der Waals surface area contributed by atoms with Crippen LogP contribution in [0.25, 0.3) is 5.69 Å². The molecule has 1 aromatic heterocycles. The Bertz CT molecular complexity index is 944. The van der Waals surface area contributed by atoms with E-state index < -0.39 is 6.10 Å². The maximum atomic E-state index is 10.5. The number of aliphatic hydroxyl groups excluding tert-OH is 1. The van der Waals surface area contributed by atoms with Gasteiger partial charge in [-0.1, -0.05) is 43.3 Å². The van der Waals surface area contributed by atoms with Crippen LogP contribution in [0.3, 0.4) is 0 Å². The molecule has 32 heavy (non-hydrogen) atoms. The largest absolute Gasteiger partial charge is 0.439 e. The molecule has 6 heteroatoms. The number of aromatic nitrogens is 2. The lowest BCUT2D eigenvalue weighted by molar-refractivity contribution is 0.0111. The van der Waals surface area contributed by atoms with Crippen molar-refractivity contribution >= 4 is 0 Å². The van der Waals surface area contributed by atoms with Gasteiger partial charge in [0.25, 0.3) is 0 Å². The fraction of sp³-hybridized carbons (Fsp3) is 0.423. The molecule has 3 rings (SSSR count). The highest BCUT2D eigenvalue weighted by molar-refractivity contribution is 5.43. The van der Waals surface area contributed by atoms with Gasteiger partial charge in [-0.25, -0.2) is 4.68 Å². The molecule has 0 fully saturated rings. The highest BCUT2D eigenvalue weighted by Gasteiger charge is 2.24. The topological polar surface area (TPSA) is 59.8 Å². The molecule has 1 N–H and O–H groups in total. The fourth-order valence-corrected chi connectivity index (χ4v) is 3.61. The van der Waals surface area contributed by atoms with E-state index in [2.05, 4.69) is 18.7 Å². The van der Waals surface area contributed by atoms with E-state index >= 15 is 0 Å². The molecular formula is C26H35N3O3. The summed E-state index contributed by atoms with van der Waals surface area (Å²) in [6, 6.07) is 20.1. The van der Waals surface area contributed by atoms with Crippen molar-refractivity contribution in [2.75, 3.05) is 19.8 Å². The van der Waals surface area contributed by atoms with E-state index in [0.29, 0.717) is 32.2 Å². The minimum Gasteiger partial charge on any atom is -0.439 e. The van der Waals surface area contributed by atoms with Crippen LogP contribution in [0.2, 0.25) is 0 Å². The number of nitrogens with zero attached hydrogens (tertiary/aromatic N) is 3. The number of para-hydroxylation sites is 2. The molecule has 172 valence electrons. The summed E-state index contributed by atoms with van der Waals surface area (Å²) in [6.07, 6.45) is 0.425. The lowest BCUT2D eigenvalue weighted by Crippen LogP contribution is -2.40. The molecular weight excluding hydrogens is 402 g/mol. The Morgan fingerprint density at radius 2 is 1.69 bits per heavy atom. The smallest absolute Gasteiger partial charge is 0.227 e. The van der Waals surface area contributed by atoms with Crippen molar-refractivity contribution in [3.63, 3.8) is 0 Å². The molecule has 0 aliphatic heterocycles. The van der Waals surface area contributed by atoms with Crippen molar-refractivity contribution < 1.29 is 14.6 Å². The number of hydrogen-bond donors (Lipinski definition) is 1. The molecule has 1 heterocycles. The fourth-order valence-electron chi connectivity index (χ4n) is 3.61. The summed E-state index contributed by atoms with van der Waals surface area (Å²) in [5.74, 6) is 1.46. The molecule has 0 aliphatic rings. The Morgan fingerprint density at radius 3 is 2.31 bits per heavy atom.